The first kappa shape index (κ1) is 15.4. The van der Waals surface area contributed by atoms with E-state index >= 15 is 0 Å². The van der Waals surface area contributed by atoms with Crippen molar-refractivity contribution in [3.05, 3.63) is 89.5 Å². The summed E-state index contributed by atoms with van der Waals surface area (Å²) in [4.78, 5) is 0. The van der Waals surface area contributed by atoms with Gasteiger partial charge in [-0.15, -0.1) is 0 Å². The molecule has 0 atom stereocenters. The summed E-state index contributed by atoms with van der Waals surface area (Å²) >= 11 is -2.06. The van der Waals surface area contributed by atoms with Crippen LogP contribution in [0.4, 0.5) is 0 Å². The predicted octanol–water partition coefficient (Wildman–Crippen LogP) is 3.13. The molecule has 3 aromatic carbocycles. The van der Waals surface area contributed by atoms with Crippen LogP contribution in [-0.2, 0) is 0 Å². The van der Waals surface area contributed by atoms with Crippen molar-refractivity contribution < 1.29 is 0 Å². The van der Waals surface area contributed by atoms with Crippen molar-refractivity contribution in [2.45, 2.75) is 20.8 Å². The zero-order valence-electron chi connectivity index (χ0n) is 13.4. The molecular weight excluding hydrogens is 371 g/mol. The Balaban J connectivity index is 2.10. The third kappa shape index (κ3) is 3.44. The zero-order valence-corrected chi connectivity index (χ0v) is 16.3. The van der Waals surface area contributed by atoms with E-state index < -0.39 is 19.8 Å². The molecule has 0 aliphatic heterocycles. The maximum absolute atomic E-state index is 2.34. The van der Waals surface area contributed by atoms with Crippen molar-refractivity contribution in [3.8, 4) is 0 Å². The molecule has 0 aliphatic carbocycles. The van der Waals surface area contributed by atoms with Gasteiger partial charge in [-0.1, -0.05) is 0 Å². The van der Waals surface area contributed by atoms with Crippen LogP contribution in [0.25, 0.3) is 0 Å². The van der Waals surface area contributed by atoms with Gasteiger partial charge in [-0.25, -0.2) is 0 Å². The number of hydrogen-bond acceptors (Lipinski definition) is 0. The van der Waals surface area contributed by atoms with Gasteiger partial charge in [0.1, 0.15) is 0 Å². The van der Waals surface area contributed by atoms with Crippen LogP contribution < -0.4 is 10.7 Å². The molecule has 0 amide bonds. The van der Waals surface area contributed by atoms with Crippen molar-refractivity contribution in [3.63, 3.8) is 0 Å². The topological polar surface area (TPSA) is 0 Å². The Hall–Kier alpha value is -1.54. The van der Waals surface area contributed by atoms with Crippen LogP contribution in [-0.4, -0.2) is 19.8 Å². The van der Waals surface area contributed by atoms with Gasteiger partial charge in [0.25, 0.3) is 0 Å². The summed E-state index contributed by atoms with van der Waals surface area (Å²) in [6, 6.07) is 27.5. The van der Waals surface area contributed by atoms with Crippen LogP contribution >= 0.6 is 0 Å². The molecule has 108 valence electrons. The van der Waals surface area contributed by atoms with Crippen LogP contribution in [0.2, 0.25) is 0 Å². The van der Waals surface area contributed by atoms with E-state index in [1.54, 1.807) is 10.7 Å². The van der Waals surface area contributed by atoms with E-state index in [9.17, 15) is 0 Å². The number of benzene rings is 3. The van der Waals surface area contributed by atoms with Gasteiger partial charge in [0.05, 0.1) is 0 Å². The predicted molar refractivity (Wildman–Crippen MR) is 98.2 cm³/mol. The maximum atomic E-state index is 2.34. The van der Waals surface area contributed by atoms with E-state index in [-0.39, 0.29) is 0 Å². The SMILES string of the molecule is Cc1cc[c]([Sn+]([c]2ccc(C)cc2)[c]2ccc(C)cc2)cc1. The normalized spacial score (nSPS) is 10.5. The number of hydrogen-bond donors (Lipinski definition) is 0. The molecule has 0 nitrogen and oxygen atoms in total. The quantitative estimate of drug-likeness (QED) is 0.601. The molecule has 0 saturated carbocycles. The first-order valence-electron chi connectivity index (χ1n) is 7.71. The summed E-state index contributed by atoms with van der Waals surface area (Å²) in [5.74, 6) is 0. The monoisotopic (exact) mass is 393 g/mol. The minimum atomic E-state index is -2.06. The number of aryl methyl sites for hydroxylation is 3. The molecule has 0 spiro atoms. The van der Waals surface area contributed by atoms with Gasteiger partial charge < -0.3 is 0 Å². The van der Waals surface area contributed by atoms with Gasteiger partial charge in [0.15, 0.2) is 0 Å². The van der Waals surface area contributed by atoms with E-state index in [1.807, 2.05) is 0 Å². The van der Waals surface area contributed by atoms with Gasteiger partial charge in [-0.05, 0) is 0 Å². The van der Waals surface area contributed by atoms with Crippen LogP contribution in [0.15, 0.2) is 72.8 Å². The summed E-state index contributed by atoms with van der Waals surface area (Å²) in [5.41, 5.74) is 4.00. The van der Waals surface area contributed by atoms with Gasteiger partial charge >= 0.3 is 141 Å². The molecule has 3 aromatic rings. The Kier molecular flexibility index (Phi) is 4.68. The molecule has 0 bridgehead atoms. The molecule has 3 rings (SSSR count). The zero-order chi connectivity index (χ0) is 15.5. The summed E-state index contributed by atoms with van der Waals surface area (Å²) in [5, 5.41) is 0. The molecule has 0 fully saturated rings. The van der Waals surface area contributed by atoms with E-state index in [2.05, 4.69) is 93.6 Å². The third-order valence-corrected chi connectivity index (χ3v) is 11.8. The second kappa shape index (κ2) is 6.70. The van der Waals surface area contributed by atoms with Gasteiger partial charge in [0, 0.05) is 0 Å². The van der Waals surface area contributed by atoms with E-state index in [0.29, 0.717) is 0 Å². The molecule has 0 unspecified atom stereocenters. The third-order valence-electron chi connectivity index (χ3n) is 4.02. The second-order valence-electron chi connectivity index (χ2n) is 5.97. The van der Waals surface area contributed by atoms with Crippen LogP contribution in [0, 0.1) is 20.8 Å². The molecule has 0 aromatic heterocycles. The van der Waals surface area contributed by atoms with Gasteiger partial charge in [-0.2, -0.15) is 0 Å². The first-order valence-corrected chi connectivity index (χ1v) is 12.0. The average Bonchev–Trinajstić information content (AvgIpc) is 2.53. The molecule has 0 heterocycles. The van der Waals surface area contributed by atoms with Crippen LogP contribution in [0.3, 0.4) is 0 Å². The molecular formula is C21H21Sn+. The fraction of sp³-hybridized carbons (Fsp3) is 0.143. The molecule has 0 aliphatic rings. The van der Waals surface area contributed by atoms with Crippen LogP contribution in [0.1, 0.15) is 16.7 Å². The van der Waals surface area contributed by atoms with Crippen molar-refractivity contribution >= 4 is 30.5 Å². The number of rotatable bonds is 3. The fourth-order valence-electron chi connectivity index (χ4n) is 2.66. The Labute approximate surface area is 140 Å². The molecule has 0 N–H and O–H groups in total. The summed E-state index contributed by atoms with van der Waals surface area (Å²) in [6.07, 6.45) is 0. The Morgan fingerprint density at radius 2 is 0.636 bits per heavy atom. The van der Waals surface area contributed by atoms with Crippen molar-refractivity contribution in [1.82, 2.24) is 0 Å². The fourth-order valence-corrected chi connectivity index (χ4v) is 9.80. The van der Waals surface area contributed by atoms with Crippen LogP contribution in [0.5, 0.6) is 0 Å². The van der Waals surface area contributed by atoms with E-state index in [1.165, 1.54) is 16.7 Å². The Bertz CT molecular complexity index is 629. The molecule has 0 saturated heterocycles. The van der Waals surface area contributed by atoms with Gasteiger partial charge in [0.2, 0.25) is 0 Å². The Morgan fingerprint density at radius 3 is 0.864 bits per heavy atom. The average molecular weight is 392 g/mol. The molecule has 1 heteroatoms. The molecule has 0 radical (unpaired) electrons. The summed E-state index contributed by atoms with van der Waals surface area (Å²) < 4.78 is 4.63. The van der Waals surface area contributed by atoms with Crippen molar-refractivity contribution in [2.75, 3.05) is 0 Å². The van der Waals surface area contributed by atoms with Gasteiger partial charge in [-0.3, -0.25) is 0 Å². The minimum absolute atomic E-state index is 1.33. The first-order chi connectivity index (χ1) is 10.6. The van der Waals surface area contributed by atoms with E-state index in [0.717, 1.165) is 0 Å². The Morgan fingerprint density at radius 1 is 0.409 bits per heavy atom. The second-order valence-corrected chi connectivity index (χ2v) is 13.1. The van der Waals surface area contributed by atoms with E-state index in [4.69, 9.17) is 0 Å². The summed E-state index contributed by atoms with van der Waals surface area (Å²) in [6.45, 7) is 6.47. The van der Waals surface area contributed by atoms with Crippen molar-refractivity contribution in [2.24, 2.45) is 0 Å². The summed E-state index contributed by atoms with van der Waals surface area (Å²) in [7, 11) is 0. The molecule has 22 heavy (non-hydrogen) atoms. The van der Waals surface area contributed by atoms with Crippen molar-refractivity contribution in [1.29, 1.82) is 0 Å². The standard InChI is InChI=1S/3C7H7.Sn/c3*1-7-5-3-2-4-6-7;/h3*3-6H,1H3;/q;;;+1.